The molecule has 0 aliphatic heterocycles. The molecule has 19 heavy (non-hydrogen) atoms. The van der Waals surface area contributed by atoms with Crippen LogP contribution in [-0.2, 0) is 16.0 Å². The third-order valence-corrected chi connectivity index (χ3v) is 3.25. The van der Waals surface area contributed by atoms with Gasteiger partial charge >= 0.3 is 11.7 Å². The Morgan fingerprint density at radius 2 is 2.16 bits per heavy atom. The first-order valence-corrected chi connectivity index (χ1v) is 6.21. The highest BCUT2D eigenvalue weighted by Crippen LogP contribution is 2.21. The zero-order chi connectivity index (χ0) is 14.0. The van der Waals surface area contributed by atoms with Crippen LogP contribution < -0.4 is 5.76 Å². The first kappa shape index (κ1) is 13.4. The minimum Gasteiger partial charge on any atom is -0.469 e. The maximum absolute atomic E-state index is 11.7. The van der Waals surface area contributed by atoms with Gasteiger partial charge in [-0.2, -0.15) is 0 Å². The van der Waals surface area contributed by atoms with Gasteiger partial charge in [0.15, 0.2) is 5.58 Å². The molecule has 0 aliphatic carbocycles. The van der Waals surface area contributed by atoms with Gasteiger partial charge in [-0.1, -0.05) is 19.9 Å². The number of rotatable bonds is 4. The second-order valence-corrected chi connectivity index (χ2v) is 4.92. The maximum Gasteiger partial charge on any atom is 0.417 e. The Labute approximate surface area is 110 Å². The van der Waals surface area contributed by atoms with Gasteiger partial charge in [-0.05, 0) is 30.0 Å². The minimum absolute atomic E-state index is 0.182. The molecule has 1 aromatic heterocycles. The van der Waals surface area contributed by atoms with E-state index in [1.54, 1.807) is 12.1 Å². The van der Waals surface area contributed by atoms with Crippen molar-refractivity contribution in [1.29, 1.82) is 0 Å². The van der Waals surface area contributed by atoms with Gasteiger partial charge in [-0.25, -0.2) is 4.79 Å². The molecule has 1 atom stereocenters. The fourth-order valence-electron chi connectivity index (χ4n) is 2.11. The molecular formula is C14H17NO4. The van der Waals surface area contributed by atoms with Crippen LogP contribution in [-0.4, -0.2) is 18.1 Å². The van der Waals surface area contributed by atoms with Crippen molar-refractivity contribution < 1.29 is 13.9 Å². The number of hydrogen-bond donors (Lipinski definition) is 1. The summed E-state index contributed by atoms with van der Waals surface area (Å²) in [5.74, 6) is -0.708. The van der Waals surface area contributed by atoms with Gasteiger partial charge in [0.2, 0.25) is 0 Å². The molecule has 0 radical (unpaired) electrons. The van der Waals surface area contributed by atoms with E-state index < -0.39 is 5.76 Å². The van der Waals surface area contributed by atoms with Crippen molar-refractivity contribution in [2.75, 3.05) is 7.11 Å². The van der Waals surface area contributed by atoms with Crippen LogP contribution in [0.15, 0.2) is 27.4 Å². The highest BCUT2D eigenvalue weighted by atomic mass is 16.5. The van der Waals surface area contributed by atoms with Crippen LogP contribution in [0.4, 0.5) is 0 Å². The van der Waals surface area contributed by atoms with Gasteiger partial charge < -0.3 is 9.15 Å². The average molecular weight is 263 g/mol. The van der Waals surface area contributed by atoms with Crippen LogP contribution in [0.3, 0.4) is 0 Å². The monoisotopic (exact) mass is 263 g/mol. The molecule has 2 rings (SSSR count). The van der Waals surface area contributed by atoms with Crippen molar-refractivity contribution in [3.05, 3.63) is 34.3 Å². The first-order chi connectivity index (χ1) is 9.01. The molecule has 1 heterocycles. The number of oxazole rings is 1. The first-order valence-electron chi connectivity index (χ1n) is 6.21. The number of esters is 1. The number of benzene rings is 1. The Morgan fingerprint density at radius 1 is 1.42 bits per heavy atom. The topological polar surface area (TPSA) is 72.3 Å². The lowest BCUT2D eigenvalue weighted by Crippen LogP contribution is -2.23. The van der Waals surface area contributed by atoms with Crippen molar-refractivity contribution in [3.63, 3.8) is 0 Å². The predicted octanol–water partition coefficient (Wildman–Crippen LogP) is 2.11. The van der Waals surface area contributed by atoms with E-state index in [1.807, 2.05) is 19.9 Å². The van der Waals surface area contributed by atoms with Gasteiger partial charge in [0, 0.05) is 0 Å². The molecule has 1 aromatic carbocycles. The average Bonchev–Trinajstić information content (AvgIpc) is 2.73. The van der Waals surface area contributed by atoms with Crippen LogP contribution in [0.5, 0.6) is 0 Å². The van der Waals surface area contributed by atoms with E-state index in [9.17, 15) is 9.59 Å². The molecule has 0 aliphatic rings. The number of hydrogen-bond acceptors (Lipinski definition) is 4. The summed E-state index contributed by atoms with van der Waals surface area (Å²) in [5.41, 5.74) is 2.11. The number of aromatic amines is 1. The summed E-state index contributed by atoms with van der Waals surface area (Å²) in [7, 11) is 1.39. The summed E-state index contributed by atoms with van der Waals surface area (Å²) in [6, 6.07) is 5.45. The van der Waals surface area contributed by atoms with Crippen molar-refractivity contribution in [2.24, 2.45) is 11.8 Å². The number of carbonyl (C=O) groups is 1. The Balaban J connectivity index is 2.28. The van der Waals surface area contributed by atoms with Crippen LogP contribution >= 0.6 is 0 Å². The van der Waals surface area contributed by atoms with Gasteiger partial charge in [-0.3, -0.25) is 9.78 Å². The molecule has 0 spiro atoms. The number of ether oxygens (including phenoxy) is 1. The largest absolute Gasteiger partial charge is 0.469 e. The fourth-order valence-corrected chi connectivity index (χ4v) is 2.11. The van der Waals surface area contributed by atoms with Crippen LogP contribution in [0, 0.1) is 11.8 Å². The zero-order valence-corrected chi connectivity index (χ0v) is 11.2. The Morgan fingerprint density at radius 3 is 2.79 bits per heavy atom. The van der Waals surface area contributed by atoms with E-state index in [0.717, 1.165) is 5.56 Å². The third kappa shape index (κ3) is 2.86. The van der Waals surface area contributed by atoms with E-state index in [2.05, 4.69) is 4.98 Å². The van der Waals surface area contributed by atoms with Crippen LogP contribution in [0.1, 0.15) is 19.4 Å². The molecule has 5 nitrogen and oxygen atoms in total. The number of carbonyl (C=O) groups excluding carboxylic acids is 1. The Hall–Kier alpha value is -2.04. The zero-order valence-electron chi connectivity index (χ0n) is 11.2. The van der Waals surface area contributed by atoms with E-state index >= 15 is 0 Å². The predicted molar refractivity (Wildman–Crippen MR) is 70.9 cm³/mol. The number of fused-ring (bicyclic) bond motifs is 1. The highest BCUT2D eigenvalue weighted by Gasteiger charge is 2.23. The molecule has 2 aromatic rings. The minimum atomic E-state index is -0.472. The lowest BCUT2D eigenvalue weighted by molar-refractivity contribution is -0.146. The quantitative estimate of drug-likeness (QED) is 0.857. The molecule has 5 heteroatoms. The standard InChI is InChI=1S/C14H17NO4/c1-8(2)10(13(16)18-3)6-9-4-5-11-12(7-9)19-14(17)15-11/h4-5,7-8,10H,6H2,1-3H3,(H,15,17). The molecule has 0 bridgehead atoms. The van der Waals surface area contributed by atoms with E-state index in [-0.39, 0.29) is 17.8 Å². The summed E-state index contributed by atoms with van der Waals surface area (Å²) in [4.78, 5) is 25.4. The molecular weight excluding hydrogens is 246 g/mol. The Bertz CT molecular complexity index is 638. The Kier molecular flexibility index (Phi) is 3.74. The fraction of sp³-hybridized carbons (Fsp3) is 0.429. The maximum atomic E-state index is 11.7. The van der Waals surface area contributed by atoms with Gasteiger partial charge in [0.05, 0.1) is 18.5 Å². The van der Waals surface area contributed by atoms with Gasteiger partial charge in [0.1, 0.15) is 0 Å². The van der Waals surface area contributed by atoms with E-state index in [4.69, 9.17) is 9.15 Å². The van der Waals surface area contributed by atoms with Crippen LogP contribution in [0.25, 0.3) is 11.1 Å². The number of H-pyrrole nitrogens is 1. The lowest BCUT2D eigenvalue weighted by Gasteiger charge is -2.18. The van der Waals surface area contributed by atoms with Crippen molar-refractivity contribution >= 4 is 17.1 Å². The smallest absolute Gasteiger partial charge is 0.417 e. The number of nitrogens with one attached hydrogen (secondary N) is 1. The summed E-state index contributed by atoms with van der Waals surface area (Å²) >= 11 is 0. The summed E-state index contributed by atoms with van der Waals surface area (Å²) < 4.78 is 9.83. The molecule has 0 fully saturated rings. The molecule has 0 saturated heterocycles. The molecule has 1 unspecified atom stereocenters. The second-order valence-electron chi connectivity index (χ2n) is 4.92. The van der Waals surface area contributed by atoms with Crippen molar-refractivity contribution in [1.82, 2.24) is 4.98 Å². The molecule has 0 amide bonds. The van der Waals surface area contributed by atoms with Crippen LogP contribution in [0.2, 0.25) is 0 Å². The lowest BCUT2D eigenvalue weighted by atomic mass is 9.89. The molecule has 1 N–H and O–H groups in total. The molecule has 102 valence electrons. The highest BCUT2D eigenvalue weighted by molar-refractivity contribution is 5.75. The summed E-state index contributed by atoms with van der Waals surface area (Å²) in [6.07, 6.45) is 0.565. The van der Waals surface area contributed by atoms with E-state index in [1.165, 1.54) is 7.11 Å². The van der Waals surface area contributed by atoms with Crippen molar-refractivity contribution in [3.8, 4) is 0 Å². The summed E-state index contributed by atoms with van der Waals surface area (Å²) in [6.45, 7) is 3.97. The molecule has 0 saturated carbocycles. The third-order valence-electron chi connectivity index (χ3n) is 3.25. The SMILES string of the molecule is COC(=O)C(Cc1ccc2[nH]c(=O)oc2c1)C(C)C. The van der Waals surface area contributed by atoms with Gasteiger partial charge in [0.25, 0.3) is 0 Å². The number of methoxy groups -OCH3 is 1. The van der Waals surface area contributed by atoms with Crippen molar-refractivity contribution in [2.45, 2.75) is 20.3 Å². The number of aromatic nitrogens is 1. The summed E-state index contributed by atoms with van der Waals surface area (Å²) in [5, 5.41) is 0. The van der Waals surface area contributed by atoms with Gasteiger partial charge in [-0.15, -0.1) is 0 Å². The van der Waals surface area contributed by atoms with E-state index in [0.29, 0.717) is 17.5 Å². The normalized spacial score (nSPS) is 12.8. The second kappa shape index (κ2) is 5.30.